The number of nitrogens with zero attached hydrogens (tertiary/aromatic N) is 2. The summed E-state index contributed by atoms with van der Waals surface area (Å²) in [5.74, 6) is 0.160. The highest BCUT2D eigenvalue weighted by atomic mass is 19.1. The average Bonchev–Trinajstić information content (AvgIpc) is 3.44. The molecule has 3 nitrogen and oxygen atoms in total. The van der Waals surface area contributed by atoms with Crippen LogP contribution in [0, 0.1) is 17.1 Å². The van der Waals surface area contributed by atoms with Gasteiger partial charge in [0.05, 0.1) is 5.56 Å². The third-order valence-corrected chi connectivity index (χ3v) is 7.08. The minimum Gasteiger partial charge on any atom is -0.313 e. The van der Waals surface area contributed by atoms with Crippen LogP contribution >= 0.6 is 0 Å². The molecule has 4 heteroatoms. The SMILES string of the molecule is CCN[C@@H]1C[C@@H]2CC[C@H]1N2Cc1cccc(-c2ccc(C#N)c(F)c2)c1C1CC1. The number of halogens is 1. The highest BCUT2D eigenvalue weighted by molar-refractivity contribution is 5.71. The van der Waals surface area contributed by atoms with Crippen LogP contribution in [0.1, 0.15) is 61.6 Å². The maximum Gasteiger partial charge on any atom is 0.141 e. The average molecular weight is 390 g/mol. The van der Waals surface area contributed by atoms with Gasteiger partial charge in [-0.2, -0.15) is 5.26 Å². The fraction of sp³-hybridized carbons (Fsp3) is 0.480. The molecule has 3 atom stereocenters. The van der Waals surface area contributed by atoms with Gasteiger partial charge in [0.2, 0.25) is 0 Å². The van der Waals surface area contributed by atoms with Gasteiger partial charge < -0.3 is 5.32 Å². The Hall–Kier alpha value is -2.22. The van der Waals surface area contributed by atoms with Crippen LogP contribution in [0.25, 0.3) is 11.1 Å². The molecule has 2 saturated heterocycles. The molecular weight excluding hydrogens is 361 g/mol. The van der Waals surface area contributed by atoms with Crippen molar-refractivity contribution in [1.82, 2.24) is 10.2 Å². The van der Waals surface area contributed by atoms with Crippen LogP contribution in [0.3, 0.4) is 0 Å². The molecule has 2 bridgehead atoms. The van der Waals surface area contributed by atoms with Crippen molar-refractivity contribution in [3.05, 3.63) is 58.9 Å². The first-order valence-corrected chi connectivity index (χ1v) is 11.0. The smallest absolute Gasteiger partial charge is 0.141 e. The van der Waals surface area contributed by atoms with Crippen molar-refractivity contribution in [1.29, 1.82) is 5.26 Å². The molecule has 2 aliphatic heterocycles. The normalized spacial score (nSPS) is 26.0. The van der Waals surface area contributed by atoms with Gasteiger partial charge in [-0.3, -0.25) is 4.90 Å². The van der Waals surface area contributed by atoms with Gasteiger partial charge in [-0.15, -0.1) is 0 Å². The highest BCUT2D eigenvalue weighted by Crippen LogP contribution is 2.48. The molecule has 3 fully saturated rings. The Labute approximate surface area is 172 Å². The monoisotopic (exact) mass is 389 g/mol. The molecule has 0 aromatic heterocycles. The summed E-state index contributed by atoms with van der Waals surface area (Å²) in [6.45, 7) is 4.23. The second kappa shape index (κ2) is 7.55. The summed E-state index contributed by atoms with van der Waals surface area (Å²) in [5, 5.41) is 12.7. The molecule has 2 heterocycles. The molecule has 150 valence electrons. The molecule has 1 aliphatic carbocycles. The van der Waals surface area contributed by atoms with E-state index in [4.69, 9.17) is 5.26 Å². The minimum absolute atomic E-state index is 0.112. The van der Waals surface area contributed by atoms with Crippen LogP contribution in [-0.4, -0.2) is 29.6 Å². The molecule has 3 aliphatic rings. The van der Waals surface area contributed by atoms with Gasteiger partial charge >= 0.3 is 0 Å². The maximum atomic E-state index is 14.3. The van der Waals surface area contributed by atoms with E-state index in [1.807, 2.05) is 12.1 Å². The Balaban J connectivity index is 1.48. The Morgan fingerprint density at radius 3 is 2.76 bits per heavy atom. The van der Waals surface area contributed by atoms with E-state index in [9.17, 15) is 4.39 Å². The number of rotatable bonds is 6. The van der Waals surface area contributed by atoms with Crippen LogP contribution in [-0.2, 0) is 6.54 Å². The molecule has 1 saturated carbocycles. The number of hydrogen-bond acceptors (Lipinski definition) is 3. The summed E-state index contributed by atoms with van der Waals surface area (Å²) in [6.07, 6.45) is 6.30. The molecule has 1 N–H and O–H groups in total. The first-order chi connectivity index (χ1) is 14.2. The van der Waals surface area contributed by atoms with Crippen molar-refractivity contribution in [2.45, 2.75) is 69.6 Å². The number of fused-ring (bicyclic) bond motifs is 2. The van der Waals surface area contributed by atoms with Crippen LogP contribution in [0.15, 0.2) is 36.4 Å². The molecule has 29 heavy (non-hydrogen) atoms. The van der Waals surface area contributed by atoms with Crippen molar-refractivity contribution in [2.75, 3.05) is 6.54 Å². The molecule has 2 aromatic carbocycles. The lowest BCUT2D eigenvalue weighted by Gasteiger charge is -2.26. The summed E-state index contributed by atoms with van der Waals surface area (Å²) < 4.78 is 14.3. The highest BCUT2D eigenvalue weighted by Gasteiger charge is 2.46. The number of hydrogen-bond donors (Lipinski definition) is 1. The molecule has 0 spiro atoms. The van der Waals surface area contributed by atoms with E-state index in [2.05, 4.69) is 35.3 Å². The molecule has 0 amide bonds. The second-order valence-corrected chi connectivity index (χ2v) is 8.83. The summed E-state index contributed by atoms with van der Waals surface area (Å²) in [6, 6.07) is 15.4. The van der Waals surface area contributed by atoms with E-state index in [0.717, 1.165) is 24.2 Å². The Kier molecular flexibility index (Phi) is 4.89. The van der Waals surface area contributed by atoms with Gasteiger partial charge in [-0.05, 0) is 79.0 Å². The predicted molar refractivity (Wildman–Crippen MR) is 113 cm³/mol. The van der Waals surface area contributed by atoms with Gasteiger partial charge in [0, 0.05) is 24.7 Å². The fourth-order valence-electron chi connectivity index (χ4n) is 5.66. The van der Waals surface area contributed by atoms with Crippen LogP contribution in [0.5, 0.6) is 0 Å². The summed E-state index contributed by atoms with van der Waals surface area (Å²) in [5.41, 5.74) is 4.95. The van der Waals surface area contributed by atoms with E-state index < -0.39 is 5.82 Å². The largest absolute Gasteiger partial charge is 0.313 e. The summed E-state index contributed by atoms with van der Waals surface area (Å²) in [4.78, 5) is 2.72. The number of nitrogens with one attached hydrogen (secondary N) is 1. The van der Waals surface area contributed by atoms with Crippen molar-refractivity contribution in [3.8, 4) is 17.2 Å². The standard InChI is InChI=1S/C25H28FN3/c1-2-28-23-13-20-10-11-24(23)29(20)15-19-4-3-5-21(25(19)16-6-7-16)17-8-9-18(14-27)22(26)12-17/h3-5,8-9,12,16,20,23-24,28H,2,6-7,10-11,13,15H2,1H3/t20-,23+,24+/m0/s1. The first-order valence-electron chi connectivity index (χ1n) is 11.0. The van der Waals surface area contributed by atoms with Crippen molar-refractivity contribution >= 4 is 0 Å². The van der Waals surface area contributed by atoms with Crippen molar-refractivity contribution < 1.29 is 4.39 Å². The summed E-state index contributed by atoms with van der Waals surface area (Å²) in [7, 11) is 0. The van der Waals surface area contributed by atoms with E-state index in [1.54, 1.807) is 6.07 Å². The Morgan fingerprint density at radius 2 is 2.03 bits per heavy atom. The van der Waals surface area contributed by atoms with Crippen LogP contribution in [0.2, 0.25) is 0 Å². The second-order valence-electron chi connectivity index (χ2n) is 8.83. The molecule has 0 unspecified atom stereocenters. The zero-order valence-electron chi connectivity index (χ0n) is 17.0. The Bertz CT molecular complexity index is 959. The number of benzene rings is 2. The quantitative estimate of drug-likeness (QED) is 0.759. The molecule has 0 radical (unpaired) electrons. The van der Waals surface area contributed by atoms with E-state index in [1.165, 1.54) is 49.3 Å². The lowest BCUT2D eigenvalue weighted by atomic mass is 9.91. The van der Waals surface area contributed by atoms with Gasteiger partial charge in [0.25, 0.3) is 0 Å². The number of likely N-dealkylation sites (N-methyl/N-ethyl adjacent to an activating group) is 1. The molecular formula is C25H28FN3. The fourth-order valence-corrected chi connectivity index (χ4v) is 5.66. The van der Waals surface area contributed by atoms with Crippen molar-refractivity contribution in [2.24, 2.45) is 0 Å². The van der Waals surface area contributed by atoms with Gasteiger partial charge in [0.1, 0.15) is 11.9 Å². The van der Waals surface area contributed by atoms with E-state index in [0.29, 0.717) is 24.0 Å². The van der Waals surface area contributed by atoms with Crippen LogP contribution in [0.4, 0.5) is 4.39 Å². The molecule has 2 aromatic rings. The Morgan fingerprint density at radius 1 is 1.17 bits per heavy atom. The van der Waals surface area contributed by atoms with Gasteiger partial charge in [-0.25, -0.2) is 4.39 Å². The topological polar surface area (TPSA) is 39.1 Å². The maximum absolute atomic E-state index is 14.3. The zero-order chi connectivity index (χ0) is 20.0. The third-order valence-electron chi connectivity index (χ3n) is 7.08. The van der Waals surface area contributed by atoms with E-state index >= 15 is 0 Å². The first kappa shape index (κ1) is 18.8. The van der Waals surface area contributed by atoms with E-state index in [-0.39, 0.29) is 5.56 Å². The van der Waals surface area contributed by atoms with Gasteiger partial charge in [0.15, 0.2) is 0 Å². The number of nitriles is 1. The lowest BCUT2D eigenvalue weighted by Crippen LogP contribution is -2.40. The van der Waals surface area contributed by atoms with Crippen molar-refractivity contribution in [3.63, 3.8) is 0 Å². The lowest BCUT2D eigenvalue weighted by molar-refractivity contribution is 0.233. The minimum atomic E-state index is -0.428. The predicted octanol–water partition coefficient (Wildman–Crippen LogP) is 4.96. The van der Waals surface area contributed by atoms with Crippen LogP contribution < -0.4 is 5.32 Å². The zero-order valence-corrected chi connectivity index (χ0v) is 17.0. The molecule has 5 rings (SSSR count). The summed E-state index contributed by atoms with van der Waals surface area (Å²) >= 11 is 0. The third kappa shape index (κ3) is 3.37. The van der Waals surface area contributed by atoms with Gasteiger partial charge in [-0.1, -0.05) is 31.2 Å².